The van der Waals surface area contributed by atoms with Crippen LogP contribution in [0.1, 0.15) is 36.7 Å². The van der Waals surface area contributed by atoms with Crippen molar-refractivity contribution in [3.05, 3.63) is 58.6 Å². The maximum atomic E-state index is 14.7. The number of hydrogen-bond acceptors (Lipinski definition) is 9. The Bertz CT molecular complexity index is 1650. The first-order valence-corrected chi connectivity index (χ1v) is 13.7. The minimum Gasteiger partial charge on any atom is -0.487 e. The molecule has 1 N–H and O–H groups in total. The number of hydrogen-bond donors (Lipinski definition) is 1. The van der Waals surface area contributed by atoms with Gasteiger partial charge in [0.2, 0.25) is 5.88 Å². The highest BCUT2D eigenvalue weighted by atomic mass is 35.5. The Morgan fingerprint density at radius 2 is 2.00 bits per heavy atom. The summed E-state index contributed by atoms with van der Waals surface area (Å²) in [5.74, 6) is -2.13. The van der Waals surface area contributed by atoms with Crippen LogP contribution in [-0.2, 0) is 21.4 Å². The monoisotopic (exact) mass is 580 g/mol. The Morgan fingerprint density at radius 1 is 1.18 bits per heavy atom. The Hall–Kier alpha value is -3.62. The van der Waals surface area contributed by atoms with Crippen molar-refractivity contribution in [2.75, 3.05) is 18.4 Å². The molecular weight excluding hydrogens is 558 g/mol. The number of halogens is 3. The first kappa shape index (κ1) is 27.0. The molecule has 0 saturated carbocycles. The molecule has 1 atom stereocenters. The molecule has 0 aromatic carbocycles. The van der Waals surface area contributed by atoms with E-state index < -0.39 is 26.6 Å². The molecule has 0 aliphatic carbocycles. The van der Waals surface area contributed by atoms with Crippen LogP contribution in [-0.4, -0.2) is 46.9 Å². The molecule has 1 unspecified atom stereocenters. The van der Waals surface area contributed by atoms with E-state index in [-0.39, 0.29) is 35.1 Å². The fourth-order valence-corrected chi connectivity index (χ4v) is 5.59. The Balaban J connectivity index is 1.38. The molecule has 1 saturated heterocycles. The van der Waals surface area contributed by atoms with Crippen LogP contribution >= 0.6 is 11.6 Å². The van der Waals surface area contributed by atoms with Crippen LogP contribution in [0.3, 0.4) is 0 Å². The van der Waals surface area contributed by atoms with E-state index in [0.717, 1.165) is 48.8 Å². The van der Waals surface area contributed by atoms with Crippen LogP contribution in [0.5, 0.6) is 11.6 Å². The molecular formula is C24H23ClF2N6O5S. The van der Waals surface area contributed by atoms with Crippen LogP contribution in [0.4, 0.5) is 14.6 Å². The maximum absolute atomic E-state index is 14.7. The van der Waals surface area contributed by atoms with Gasteiger partial charge in [0.15, 0.2) is 22.6 Å². The van der Waals surface area contributed by atoms with E-state index in [9.17, 15) is 17.2 Å². The second-order valence-electron chi connectivity index (χ2n) is 8.70. The van der Waals surface area contributed by atoms with Crippen LogP contribution < -0.4 is 14.2 Å². The average molecular weight is 581 g/mol. The fraction of sp³-hybridized carbons (Fsp3) is 0.333. The molecule has 39 heavy (non-hydrogen) atoms. The van der Waals surface area contributed by atoms with Gasteiger partial charge < -0.3 is 14.2 Å². The van der Waals surface area contributed by atoms with Crippen molar-refractivity contribution in [3.63, 3.8) is 0 Å². The van der Waals surface area contributed by atoms with Crippen molar-refractivity contribution in [1.29, 1.82) is 0 Å². The standard InChI is InChI=1S/C24H23ClF2N6O5S/c1-13-16-8-15(10-29-23(16)33(31-13)20-5-3-4-6-37-20)38-12-17-18(27)11-28-22(21(17)25)32-39(34,35)19-7-14(26)9-30-24(19)36-2/h7-11,20H,3-6,12H2,1-2H3,(H,28,32). The van der Waals surface area contributed by atoms with Gasteiger partial charge in [0.25, 0.3) is 10.0 Å². The van der Waals surface area contributed by atoms with Gasteiger partial charge in [0, 0.05) is 23.6 Å². The number of fused-ring (bicyclic) bond motifs is 1. The lowest BCUT2D eigenvalue weighted by atomic mass is 10.2. The molecule has 1 aliphatic heterocycles. The SMILES string of the molecule is COc1ncc(F)cc1S(=O)(=O)Nc1ncc(F)c(COc2cnc3c(c2)c(C)nn3C2CCCCO2)c1Cl. The highest BCUT2D eigenvalue weighted by Gasteiger charge is 2.26. The number of methoxy groups -OCH3 is 1. The van der Waals surface area contributed by atoms with E-state index in [1.54, 1.807) is 10.7 Å². The molecule has 5 rings (SSSR count). The zero-order valence-electron chi connectivity index (χ0n) is 20.8. The maximum Gasteiger partial charge on any atom is 0.268 e. The number of nitrogens with zero attached hydrogens (tertiary/aromatic N) is 5. The third kappa shape index (κ3) is 5.44. The van der Waals surface area contributed by atoms with Gasteiger partial charge >= 0.3 is 0 Å². The molecule has 206 valence electrons. The Kier molecular flexibility index (Phi) is 7.51. The minimum absolute atomic E-state index is 0.156. The fourth-order valence-electron chi connectivity index (χ4n) is 4.15. The Labute approximate surface area is 227 Å². The number of aromatic nitrogens is 5. The highest BCUT2D eigenvalue weighted by molar-refractivity contribution is 7.92. The predicted octanol–water partition coefficient (Wildman–Crippen LogP) is 4.55. The number of nitrogens with one attached hydrogen (secondary N) is 1. The second-order valence-corrected chi connectivity index (χ2v) is 10.7. The van der Waals surface area contributed by atoms with Gasteiger partial charge in [-0.1, -0.05) is 11.6 Å². The molecule has 15 heteroatoms. The third-order valence-corrected chi connectivity index (χ3v) is 7.83. The highest BCUT2D eigenvalue weighted by Crippen LogP contribution is 2.32. The van der Waals surface area contributed by atoms with Gasteiger partial charge in [-0.3, -0.25) is 4.72 Å². The third-order valence-electron chi connectivity index (χ3n) is 6.08. The normalized spacial score (nSPS) is 15.9. The molecule has 5 heterocycles. The Morgan fingerprint density at radius 3 is 2.74 bits per heavy atom. The van der Waals surface area contributed by atoms with Gasteiger partial charge in [0.1, 0.15) is 24.0 Å². The van der Waals surface area contributed by atoms with Gasteiger partial charge in [0.05, 0.1) is 36.4 Å². The van der Waals surface area contributed by atoms with Gasteiger partial charge in [-0.15, -0.1) is 0 Å². The zero-order chi connectivity index (χ0) is 27.7. The van der Waals surface area contributed by atoms with Gasteiger partial charge in [-0.05, 0) is 32.3 Å². The van der Waals surface area contributed by atoms with E-state index in [2.05, 4.69) is 24.8 Å². The number of rotatable bonds is 8. The first-order valence-electron chi connectivity index (χ1n) is 11.8. The van der Waals surface area contributed by atoms with Crippen molar-refractivity contribution in [2.24, 2.45) is 0 Å². The van der Waals surface area contributed by atoms with Crippen LogP contribution in [0.2, 0.25) is 5.02 Å². The molecule has 0 bridgehead atoms. The summed E-state index contributed by atoms with van der Waals surface area (Å²) in [4.78, 5) is 11.2. The molecule has 1 fully saturated rings. The van der Waals surface area contributed by atoms with Crippen molar-refractivity contribution < 1.29 is 31.4 Å². The molecule has 0 amide bonds. The smallest absolute Gasteiger partial charge is 0.268 e. The number of ether oxygens (including phenoxy) is 3. The topological polar surface area (TPSA) is 130 Å². The van der Waals surface area contributed by atoms with Crippen LogP contribution in [0, 0.1) is 18.6 Å². The lowest BCUT2D eigenvalue weighted by Crippen LogP contribution is -2.19. The van der Waals surface area contributed by atoms with E-state index in [0.29, 0.717) is 18.0 Å². The second kappa shape index (κ2) is 10.9. The van der Waals surface area contributed by atoms with Gasteiger partial charge in [-0.25, -0.2) is 36.8 Å². The number of aryl methyl sites for hydroxylation is 1. The number of pyridine rings is 3. The van der Waals surface area contributed by atoms with E-state index in [1.807, 2.05) is 6.92 Å². The van der Waals surface area contributed by atoms with E-state index in [1.165, 1.54) is 13.3 Å². The van der Waals surface area contributed by atoms with E-state index >= 15 is 0 Å². The lowest BCUT2D eigenvalue weighted by molar-refractivity contribution is -0.0371. The first-order chi connectivity index (χ1) is 18.7. The summed E-state index contributed by atoms with van der Waals surface area (Å²) in [6.07, 6.45) is 5.77. The predicted molar refractivity (Wildman–Crippen MR) is 136 cm³/mol. The molecule has 11 nitrogen and oxygen atoms in total. The molecule has 0 radical (unpaired) electrons. The zero-order valence-corrected chi connectivity index (χ0v) is 22.4. The molecule has 4 aromatic rings. The lowest BCUT2D eigenvalue weighted by Gasteiger charge is -2.23. The van der Waals surface area contributed by atoms with Crippen molar-refractivity contribution >= 4 is 38.5 Å². The van der Waals surface area contributed by atoms with Crippen molar-refractivity contribution in [2.45, 2.75) is 43.9 Å². The summed E-state index contributed by atoms with van der Waals surface area (Å²) in [7, 11) is -3.27. The molecule has 1 aliphatic rings. The van der Waals surface area contributed by atoms with Crippen molar-refractivity contribution in [3.8, 4) is 11.6 Å². The largest absolute Gasteiger partial charge is 0.487 e. The summed E-state index contributed by atoms with van der Waals surface area (Å²) < 4.78 is 74.5. The summed E-state index contributed by atoms with van der Waals surface area (Å²) in [6, 6.07) is 2.45. The number of anilines is 1. The minimum atomic E-state index is -4.45. The average Bonchev–Trinajstić information content (AvgIpc) is 3.26. The summed E-state index contributed by atoms with van der Waals surface area (Å²) in [6.45, 7) is 2.14. The summed E-state index contributed by atoms with van der Waals surface area (Å²) in [5.41, 5.74) is 1.21. The van der Waals surface area contributed by atoms with Crippen LogP contribution in [0.25, 0.3) is 11.0 Å². The van der Waals surface area contributed by atoms with Crippen molar-refractivity contribution in [1.82, 2.24) is 24.7 Å². The van der Waals surface area contributed by atoms with Gasteiger partial charge in [-0.2, -0.15) is 5.10 Å². The number of sulfonamides is 1. The summed E-state index contributed by atoms with van der Waals surface area (Å²) in [5, 5.41) is 4.98. The quantitative estimate of drug-likeness (QED) is 0.319. The molecule has 4 aromatic heterocycles. The molecule has 0 spiro atoms. The van der Waals surface area contributed by atoms with E-state index in [4.69, 9.17) is 25.8 Å². The van der Waals surface area contributed by atoms with Crippen LogP contribution in [0.15, 0.2) is 35.6 Å². The summed E-state index contributed by atoms with van der Waals surface area (Å²) >= 11 is 6.32.